The first-order valence-electron chi connectivity index (χ1n) is 10.5. The van der Waals surface area contributed by atoms with Gasteiger partial charge >= 0.3 is 5.97 Å². The van der Waals surface area contributed by atoms with Gasteiger partial charge in [0.05, 0.1) is 17.4 Å². The maximum absolute atomic E-state index is 12.9. The molecule has 3 rings (SSSR count). The molecule has 0 aromatic heterocycles. The summed E-state index contributed by atoms with van der Waals surface area (Å²) in [6, 6.07) is 17.9. The van der Waals surface area contributed by atoms with Crippen LogP contribution in [-0.2, 0) is 14.8 Å². The van der Waals surface area contributed by atoms with E-state index >= 15 is 0 Å². The summed E-state index contributed by atoms with van der Waals surface area (Å²) < 4.78 is 28.3. The molecule has 10 nitrogen and oxygen atoms in total. The van der Waals surface area contributed by atoms with Crippen molar-refractivity contribution in [2.75, 3.05) is 10.0 Å². The number of rotatable bonds is 9. The Bertz CT molecular complexity index is 1370. The summed E-state index contributed by atoms with van der Waals surface area (Å²) >= 11 is 0. The second kappa shape index (κ2) is 10.7. The molecule has 3 aromatic rings. The summed E-state index contributed by atoms with van der Waals surface area (Å²) in [6.45, 7) is 1.84. The molecule has 0 aliphatic carbocycles. The number of benzene rings is 3. The van der Waals surface area contributed by atoms with Gasteiger partial charge in [-0.05, 0) is 55.0 Å². The van der Waals surface area contributed by atoms with Crippen LogP contribution in [0, 0.1) is 12.3 Å². The molecule has 35 heavy (non-hydrogen) atoms. The average molecular weight is 496 g/mol. The molecule has 182 valence electrons. The molecule has 3 aromatic carbocycles. The van der Waals surface area contributed by atoms with Crippen molar-refractivity contribution in [1.29, 1.82) is 5.41 Å². The van der Waals surface area contributed by atoms with Gasteiger partial charge in [-0.15, -0.1) is 0 Å². The molecule has 11 heteroatoms. The lowest BCUT2D eigenvalue weighted by Gasteiger charge is -2.19. The Morgan fingerprint density at radius 2 is 1.69 bits per heavy atom. The largest absolute Gasteiger partial charge is 0.481 e. The van der Waals surface area contributed by atoms with E-state index in [0.29, 0.717) is 16.8 Å². The number of aliphatic carboxylic acids is 1. The van der Waals surface area contributed by atoms with E-state index in [9.17, 15) is 23.1 Å². The van der Waals surface area contributed by atoms with Crippen LogP contribution in [0.4, 0.5) is 11.4 Å². The highest BCUT2D eigenvalue weighted by Crippen LogP contribution is 2.24. The number of carbonyl (C=O) groups is 2. The number of hydrogen-bond acceptors (Lipinski definition) is 5. The van der Waals surface area contributed by atoms with Gasteiger partial charge in [-0.3, -0.25) is 19.7 Å². The van der Waals surface area contributed by atoms with Crippen LogP contribution in [0.5, 0.6) is 0 Å². The van der Waals surface area contributed by atoms with Crippen molar-refractivity contribution in [2.45, 2.75) is 24.3 Å². The third-order valence-corrected chi connectivity index (χ3v) is 6.31. The minimum Gasteiger partial charge on any atom is -0.481 e. The number of carbonyl (C=O) groups excluding carboxylic acids is 1. The van der Waals surface area contributed by atoms with E-state index in [1.165, 1.54) is 30.3 Å². The molecule has 0 spiro atoms. The molecule has 0 fully saturated rings. The first-order valence-corrected chi connectivity index (χ1v) is 11.9. The number of carboxylic acids is 1. The zero-order valence-electron chi connectivity index (χ0n) is 18.8. The summed E-state index contributed by atoms with van der Waals surface area (Å²) in [6.07, 6.45) is -0.396. The number of sulfonamides is 1. The topological polar surface area (TPSA) is 174 Å². The quantitative estimate of drug-likeness (QED) is 0.195. The molecule has 0 bridgehead atoms. The fourth-order valence-electron chi connectivity index (χ4n) is 3.38. The van der Waals surface area contributed by atoms with Gasteiger partial charge < -0.3 is 21.5 Å². The molecule has 0 saturated heterocycles. The van der Waals surface area contributed by atoms with Crippen LogP contribution in [0.25, 0.3) is 0 Å². The summed E-state index contributed by atoms with van der Waals surface area (Å²) in [4.78, 5) is 24.1. The molecule has 7 N–H and O–H groups in total. The number of carboxylic acid groups (broad SMARTS) is 1. The Morgan fingerprint density at radius 1 is 1.00 bits per heavy atom. The number of nitrogens with two attached hydrogens (primary N) is 1. The van der Waals surface area contributed by atoms with Crippen molar-refractivity contribution in [3.05, 3.63) is 89.5 Å². The Balaban J connectivity index is 1.85. The van der Waals surface area contributed by atoms with Crippen LogP contribution >= 0.6 is 0 Å². The third kappa shape index (κ3) is 7.05. The zero-order valence-corrected chi connectivity index (χ0v) is 19.6. The van der Waals surface area contributed by atoms with E-state index in [1.54, 1.807) is 36.4 Å². The van der Waals surface area contributed by atoms with Crippen LogP contribution in [-0.4, -0.2) is 31.4 Å². The molecular weight excluding hydrogens is 470 g/mol. The summed E-state index contributed by atoms with van der Waals surface area (Å²) in [5.74, 6) is -1.90. The van der Waals surface area contributed by atoms with Gasteiger partial charge in [0.25, 0.3) is 15.9 Å². The minimum absolute atomic E-state index is 0.0658. The minimum atomic E-state index is -4.01. The van der Waals surface area contributed by atoms with Crippen molar-refractivity contribution in [2.24, 2.45) is 5.73 Å². The smallest absolute Gasteiger partial charge is 0.305 e. The lowest BCUT2D eigenvalue weighted by molar-refractivity contribution is -0.137. The highest BCUT2D eigenvalue weighted by Gasteiger charge is 2.21. The van der Waals surface area contributed by atoms with Crippen LogP contribution in [0.15, 0.2) is 77.7 Å². The summed E-state index contributed by atoms with van der Waals surface area (Å²) in [7, 11) is -4.01. The first kappa shape index (κ1) is 25.2. The van der Waals surface area contributed by atoms with Gasteiger partial charge in [-0.25, -0.2) is 8.42 Å². The Morgan fingerprint density at radius 3 is 2.37 bits per heavy atom. The Hall–Kier alpha value is -4.38. The number of hydrogen-bond donors (Lipinski definition) is 6. The van der Waals surface area contributed by atoms with Gasteiger partial charge in [-0.2, -0.15) is 0 Å². The molecule has 0 heterocycles. The molecule has 0 saturated carbocycles. The number of aryl methyl sites for hydroxylation is 1. The normalized spacial score (nSPS) is 11.8. The summed E-state index contributed by atoms with van der Waals surface area (Å²) in [5, 5.41) is 21.9. The van der Waals surface area contributed by atoms with E-state index in [-0.39, 0.29) is 16.5 Å². The molecule has 1 amide bonds. The maximum atomic E-state index is 12.9. The molecule has 0 aliphatic rings. The predicted octanol–water partition coefficient (Wildman–Crippen LogP) is 3.05. The lowest BCUT2D eigenvalue weighted by Crippen LogP contribution is -2.30. The van der Waals surface area contributed by atoms with Crippen LogP contribution in [0.2, 0.25) is 0 Å². The predicted molar refractivity (Wildman–Crippen MR) is 133 cm³/mol. The zero-order chi connectivity index (χ0) is 25.6. The van der Waals surface area contributed by atoms with Crippen molar-refractivity contribution in [3.8, 4) is 0 Å². The summed E-state index contributed by atoms with van der Waals surface area (Å²) in [5.41, 5.74) is 7.50. The van der Waals surface area contributed by atoms with Crippen LogP contribution in [0.3, 0.4) is 0 Å². The highest BCUT2D eigenvalue weighted by atomic mass is 32.2. The SMILES string of the molecule is Cc1cccc(C(=O)NC(CC(=O)O)c2cccc(NS(=O)(=O)c3cccc(NC(=N)N)c3)c2)c1. The van der Waals surface area contributed by atoms with E-state index in [4.69, 9.17) is 11.1 Å². The molecular formula is C24H25N5O5S. The number of nitrogens with one attached hydrogen (secondary N) is 4. The van der Waals surface area contributed by atoms with Crippen molar-refractivity contribution in [1.82, 2.24) is 5.32 Å². The molecule has 0 aliphatic heterocycles. The lowest BCUT2D eigenvalue weighted by atomic mass is 10.0. The number of anilines is 2. The van der Waals surface area contributed by atoms with Crippen LogP contribution < -0.4 is 21.1 Å². The fraction of sp³-hybridized carbons (Fsp3) is 0.125. The second-order valence-corrected chi connectivity index (χ2v) is 9.47. The maximum Gasteiger partial charge on any atom is 0.305 e. The third-order valence-electron chi connectivity index (χ3n) is 4.93. The number of amides is 1. The molecule has 1 unspecified atom stereocenters. The Kier molecular flexibility index (Phi) is 7.72. The van der Waals surface area contributed by atoms with Gasteiger partial charge in [0.1, 0.15) is 0 Å². The van der Waals surface area contributed by atoms with Crippen LogP contribution in [0.1, 0.15) is 33.9 Å². The first-order chi connectivity index (χ1) is 16.5. The molecule has 0 radical (unpaired) electrons. The van der Waals surface area contributed by atoms with Crippen molar-refractivity contribution in [3.63, 3.8) is 0 Å². The van der Waals surface area contributed by atoms with Gasteiger partial charge in [0.15, 0.2) is 5.96 Å². The van der Waals surface area contributed by atoms with Gasteiger partial charge in [0, 0.05) is 16.9 Å². The standard InChI is InChI=1S/C24H25N5O5S/c1-15-5-2-7-17(11-15)23(32)28-21(14-22(30)31)16-6-3-9-19(12-16)29-35(33,34)20-10-4-8-18(13-20)27-24(25)26/h2-13,21,29H,14H2,1H3,(H,28,32)(H,30,31)(H4,25,26,27). The monoisotopic (exact) mass is 495 g/mol. The van der Waals surface area contributed by atoms with E-state index in [1.807, 2.05) is 13.0 Å². The Labute approximate surface area is 202 Å². The second-order valence-electron chi connectivity index (χ2n) is 7.79. The number of guanidine groups is 1. The van der Waals surface area contributed by atoms with E-state index in [2.05, 4.69) is 15.4 Å². The van der Waals surface area contributed by atoms with Gasteiger partial charge in [0.2, 0.25) is 0 Å². The molecule has 1 atom stereocenters. The highest BCUT2D eigenvalue weighted by molar-refractivity contribution is 7.92. The fourth-order valence-corrected chi connectivity index (χ4v) is 4.48. The van der Waals surface area contributed by atoms with E-state index < -0.39 is 34.4 Å². The van der Waals surface area contributed by atoms with Gasteiger partial charge in [-0.1, -0.05) is 35.9 Å². The van der Waals surface area contributed by atoms with Crippen molar-refractivity contribution >= 4 is 39.2 Å². The average Bonchev–Trinajstić information content (AvgIpc) is 2.78. The van der Waals surface area contributed by atoms with E-state index in [0.717, 1.165) is 5.56 Å². The van der Waals surface area contributed by atoms with Crippen molar-refractivity contribution < 1.29 is 23.1 Å².